The number of carbonyl (C=O) groups is 1. The van der Waals surface area contributed by atoms with E-state index in [1.807, 2.05) is 5.57 Å². The minimum absolute atomic E-state index is 0.293. The summed E-state index contributed by atoms with van der Waals surface area (Å²) in [5.41, 5.74) is 4.02. The number of rotatable bonds is 1. The Hall–Kier alpha value is -0.890. The van der Waals surface area contributed by atoms with Gasteiger partial charge in [0, 0.05) is 19.4 Å². The van der Waals surface area contributed by atoms with E-state index in [0.717, 1.165) is 42.9 Å². The predicted molar refractivity (Wildman–Crippen MR) is 110 cm³/mol. The van der Waals surface area contributed by atoms with Gasteiger partial charge in [-0.2, -0.15) is 0 Å². The lowest BCUT2D eigenvalue weighted by atomic mass is 9.45. The van der Waals surface area contributed by atoms with E-state index in [-0.39, 0.29) is 0 Å². The van der Waals surface area contributed by atoms with E-state index in [0.29, 0.717) is 22.5 Å². The van der Waals surface area contributed by atoms with Gasteiger partial charge in [0.25, 0.3) is 0 Å². The van der Waals surface area contributed by atoms with Crippen molar-refractivity contribution in [2.45, 2.75) is 72.1 Å². The first-order chi connectivity index (χ1) is 12.9. The number of hydrogen-bond acceptors (Lipinski definition) is 2. The zero-order valence-electron chi connectivity index (χ0n) is 17.5. The average Bonchev–Trinajstić information content (AvgIpc) is 3.01. The number of ketones is 1. The topological polar surface area (TPSA) is 29.1 Å². The molecule has 0 aromatic carbocycles. The molecule has 3 fully saturated rings. The van der Waals surface area contributed by atoms with Crippen LogP contribution in [-0.4, -0.2) is 18.9 Å². The first kappa shape index (κ1) is 18.2. The van der Waals surface area contributed by atoms with Crippen LogP contribution in [0.25, 0.3) is 0 Å². The summed E-state index contributed by atoms with van der Waals surface area (Å²) >= 11 is 0. The van der Waals surface area contributed by atoms with Crippen LogP contribution in [0.4, 0.5) is 0 Å². The molecule has 0 aromatic heterocycles. The molecule has 2 nitrogen and oxygen atoms in total. The molecule has 1 saturated heterocycles. The molecule has 0 radical (unpaired) electrons. The van der Waals surface area contributed by atoms with Crippen molar-refractivity contribution in [2.75, 3.05) is 13.1 Å². The van der Waals surface area contributed by atoms with Gasteiger partial charge in [0.1, 0.15) is 5.78 Å². The summed E-state index contributed by atoms with van der Waals surface area (Å²) in [5, 5.41) is 3.65. The van der Waals surface area contributed by atoms with Crippen LogP contribution in [0.2, 0.25) is 0 Å². The van der Waals surface area contributed by atoms with Crippen molar-refractivity contribution in [1.82, 2.24) is 5.32 Å². The monoisotopic (exact) mass is 367 g/mol. The minimum atomic E-state index is 0.293. The molecule has 5 rings (SSSR count). The molecule has 0 bridgehead atoms. The molecule has 1 aliphatic heterocycles. The van der Waals surface area contributed by atoms with Gasteiger partial charge in [-0.15, -0.1) is 0 Å². The van der Waals surface area contributed by atoms with Crippen LogP contribution in [0.3, 0.4) is 0 Å². The molecule has 0 aromatic rings. The molecule has 1 unspecified atom stereocenters. The van der Waals surface area contributed by atoms with E-state index >= 15 is 0 Å². The van der Waals surface area contributed by atoms with E-state index in [9.17, 15) is 4.79 Å². The second-order valence-corrected chi connectivity index (χ2v) is 10.9. The molecule has 4 aliphatic carbocycles. The molecule has 1 heterocycles. The molecular formula is C25H37NO. The van der Waals surface area contributed by atoms with Crippen molar-refractivity contribution in [3.8, 4) is 0 Å². The van der Waals surface area contributed by atoms with Gasteiger partial charge in [-0.3, -0.25) is 4.79 Å². The van der Waals surface area contributed by atoms with Gasteiger partial charge in [0.15, 0.2) is 0 Å². The summed E-state index contributed by atoms with van der Waals surface area (Å²) < 4.78 is 0. The van der Waals surface area contributed by atoms with Gasteiger partial charge in [0.2, 0.25) is 0 Å². The number of piperidine rings is 1. The minimum Gasteiger partial charge on any atom is -0.316 e. The highest BCUT2D eigenvalue weighted by Gasteiger charge is 2.58. The quantitative estimate of drug-likeness (QED) is 0.637. The van der Waals surface area contributed by atoms with Crippen LogP contribution < -0.4 is 5.32 Å². The first-order valence-corrected chi connectivity index (χ1v) is 11.6. The average molecular weight is 368 g/mol. The van der Waals surface area contributed by atoms with E-state index in [4.69, 9.17) is 0 Å². The lowest BCUT2D eigenvalue weighted by Gasteiger charge is -2.59. The summed E-state index contributed by atoms with van der Waals surface area (Å²) in [4.78, 5) is 12.1. The van der Waals surface area contributed by atoms with Crippen molar-refractivity contribution < 1.29 is 4.79 Å². The molecule has 0 amide bonds. The fourth-order valence-electron chi connectivity index (χ4n) is 8.19. The van der Waals surface area contributed by atoms with E-state index in [2.05, 4.69) is 38.2 Å². The second-order valence-electron chi connectivity index (χ2n) is 10.9. The van der Waals surface area contributed by atoms with Gasteiger partial charge in [-0.05, 0) is 85.5 Å². The first-order valence-electron chi connectivity index (χ1n) is 11.6. The highest BCUT2D eigenvalue weighted by molar-refractivity contribution is 5.82. The number of fused-ring (bicyclic) bond motifs is 5. The standard InChI is InChI=1S/C25H37NO/c1-16-13-18-14-19(27)8-10-24(18,2)22-9-11-25(3)20(6-7-21(25)23(16)22)17-5-4-12-26-15-17/h6,13,16-17,21-23,26H,4-5,7-12,14-15H2,1-3H3/t16-,17?,21+,22+,23+,24+,25-/m1/s1. The number of hydrogen-bond donors (Lipinski definition) is 1. The lowest BCUT2D eigenvalue weighted by molar-refractivity contribution is -0.122. The summed E-state index contributed by atoms with van der Waals surface area (Å²) in [6.07, 6.45) is 14.6. The van der Waals surface area contributed by atoms with E-state index in [1.165, 1.54) is 50.8 Å². The summed E-state index contributed by atoms with van der Waals surface area (Å²) in [6.45, 7) is 9.97. The van der Waals surface area contributed by atoms with Crippen LogP contribution >= 0.6 is 0 Å². The molecule has 2 saturated carbocycles. The molecule has 7 atom stereocenters. The lowest BCUT2D eigenvalue weighted by Crippen LogP contribution is -2.52. The molecule has 0 spiro atoms. The van der Waals surface area contributed by atoms with E-state index < -0.39 is 0 Å². The highest BCUT2D eigenvalue weighted by Crippen LogP contribution is 2.66. The number of allylic oxidation sites excluding steroid dienone is 3. The van der Waals surface area contributed by atoms with Gasteiger partial charge in [-0.1, -0.05) is 44.1 Å². The van der Waals surface area contributed by atoms with Crippen molar-refractivity contribution in [3.05, 3.63) is 23.3 Å². The van der Waals surface area contributed by atoms with Crippen molar-refractivity contribution in [1.29, 1.82) is 0 Å². The smallest absolute Gasteiger partial charge is 0.136 e. The summed E-state index contributed by atoms with van der Waals surface area (Å²) in [7, 11) is 0. The Kier molecular flexibility index (Phi) is 4.24. The maximum Gasteiger partial charge on any atom is 0.136 e. The Morgan fingerprint density at radius 2 is 1.96 bits per heavy atom. The van der Waals surface area contributed by atoms with Crippen LogP contribution in [-0.2, 0) is 4.79 Å². The van der Waals surface area contributed by atoms with Crippen molar-refractivity contribution >= 4 is 5.78 Å². The Bertz CT molecular complexity index is 699. The molecule has 148 valence electrons. The van der Waals surface area contributed by atoms with Gasteiger partial charge >= 0.3 is 0 Å². The molecule has 2 heteroatoms. The van der Waals surface area contributed by atoms with Crippen LogP contribution in [0.1, 0.15) is 72.1 Å². The summed E-state index contributed by atoms with van der Waals surface area (Å²) in [5.74, 6) is 4.28. The predicted octanol–water partition coefficient (Wildman–Crippen LogP) is 5.30. The number of nitrogens with one attached hydrogen (secondary N) is 1. The zero-order chi connectivity index (χ0) is 18.8. The SMILES string of the molecule is C[C@@H]1C=C2CC(=O)CC[C@]2(C)[C@H]2CC[C@]3(C)C(C4CCCNC4)=CC[C@H]3[C@H]12. The number of carbonyl (C=O) groups excluding carboxylic acids is 1. The maximum absolute atomic E-state index is 12.1. The Morgan fingerprint density at radius 3 is 2.74 bits per heavy atom. The molecule has 1 N–H and O–H groups in total. The second kappa shape index (κ2) is 6.31. The largest absolute Gasteiger partial charge is 0.316 e. The Balaban J connectivity index is 1.47. The molecule has 5 aliphatic rings. The fraction of sp³-hybridized carbons (Fsp3) is 0.800. The maximum atomic E-state index is 12.1. The van der Waals surface area contributed by atoms with Crippen molar-refractivity contribution in [2.24, 2.45) is 40.4 Å². The van der Waals surface area contributed by atoms with Gasteiger partial charge < -0.3 is 5.32 Å². The number of Topliss-reactive ketones (excluding diaryl/α,β-unsaturated/α-hetero) is 1. The summed E-state index contributed by atoms with van der Waals surface area (Å²) in [6, 6.07) is 0. The Morgan fingerprint density at radius 1 is 1.11 bits per heavy atom. The third-order valence-electron chi connectivity index (χ3n) is 9.64. The van der Waals surface area contributed by atoms with Gasteiger partial charge in [-0.25, -0.2) is 0 Å². The highest BCUT2D eigenvalue weighted by atomic mass is 16.1. The van der Waals surface area contributed by atoms with E-state index in [1.54, 1.807) is 0 Å². The molecule has 27 heavy (non-hydrogen) atoms. The van der Waals surface area contributed by atoms with Gasteiger partial charge in [0.05, 0.1) is 0 Å². The Labute approximate surface area is 165 Å². The third kappa shape index (κ3) is 2.58. The van der Waals surface area contributed by atoms with Crippen molar-refractivity contribution in [3.63, 3.8) is 0 Å². The normalized spacial score (nSPS) is 49.6. The van der Waals surface area contributed by atoms with Crippen LogP contribution in [0.5, 0.6) is 0 Å². The van der Waals surface area contributed by atoms with Crippen LogP contribution in [0.15, 0.2) is 23.3 Å². The third-order valence-corrected chi connectivity index (χ3v) is 9.64. The fourth-order valence-corrected chi connectivity index (χ4v) is 8.19. The zero-order valence-corrected chi connectivity index (χ0v) is 17.5. The molecular weight excluding hydrogens is 330 g/mol. The van der Waals surface area contributed by atoms with Crippen LogP contribution in [0, 0.1) is 40.4 Å².